The van der Waals surface area contributed by atoms with E-state index in [0.29, 0.717) is 6.54 Å². The Kier molecular flexibility index (Phi) is 6.53. The molecule has 0 aliphatic rings. The summed E-state index contributed by atoms with van der Waals surface area (Å²) in [7, 11) is 1.81. The van der Waals surface area contributed by atoms with Crippen LogP contribution in [0.5, 0.6) is 0 Å². The minimum absolute atomic E-state index is 0. The number of carbonyl (C=O) groups excluding carboxylic acids is 1. The van der Waals surface area contributed by atoms with Crippen molar-refractivity contribution < 1.29 is 4.79 Å². The van der Waals surface area contributed by atoms with Crippen molar-refractivity contribution in [3.63, 3.8) is 0 Å². The Labute approximate surface area is 122 Å². The zero-order valence-corrected chi connectivity index (χ0v) is 13.3. The lowest BCUT2D eigenvalue weighted by molar-refractivity contribution is -0.131. The minimum atomic E-state index is -0.441. The molecule has 0 aliphatic heterocycles. The fourth-order valence-corrected chi connectivity index (χ4v) is 2.11. The molecule has 3 nitrogen and oxygen atoms in total. The van der Waals surface area contributed by atoms with Crippen LogP contribution in [0.25, 0.3) is 0 Å². The third-order valence-corrected chi connectivity index (χ3v) is 3.23. The highest BCUT2D eigenvalue weighted by Gasteiger charge is 2.25. The maximum Gasteiger partial charge on any atom is 0.238 e. The number of nitrogens with two attached hydrogens (primary N) is 1. The van der Waals surface area contributed by atoms with Gasteiger partial charge >= 0.3 is 0 Å². The van der Waals surface area contributed by atoms with Gasteiger partial charge in [0.1, 0.15) is 0 Å². The summed E-state index contributed by atoms with van der Waals surface area (Å²) in [4.78, 5) is 13.5. The van der Waals surface area contributed by atoms with E-state index in [-0.39, 0.29) is 23.7 Å². The Hall–Kier alpha value is -1.06. The molecule has 108 valence electrons. The molecule has 2 N–H and O–H groups in total. The Balaban J connectivity index is 0.00000324. The first kappa shape index (κ1) is 17.9. The monoisotopic (exact) mass is 284 g/mol. The van der Waals surface area contributed by atoms with E-state index in [1.54, 1.807) is 11.8 Å². The second kappa shape index (κ2) is 6.92. The van der Waals surface area contributed by atoms with E-state index in [1.807, 2.05) is 7.05 Å². The molecule has 0 aromatic heterocycles. The van der Waals surface area contributed by atoms with Crippen LogP contribution in [0.1, 0.15) is 31.9 Å². The second-order valence-electron chi connectivity index (χ2n) is 5.73. The zero-order chi connectivity index (χ0) is 13.9. The lowest BCUT2D eigenvalue weighted by Gasteiger charge is -2.31. The summed E-state index contributed by atoms with van der Waals surface area (Å²) >= 11 is 0. The van der Waals surface area contributed by atoms with Crippen molar-refractivity contribution in [2.45, 2.75) is 39.2 Å². The van der Waals surface area contributed by atoms with Gasteiger partial charge in [0, 0.05) is 19.0 Å². The average Bonchev–Trinajstić information content (AvgIpc) is 2.27. The maximum absolute atomic E-state index is 11.8. The van der Waals surface area contributed by atoms with Crippen LogP contribution in [0, 0.1) is 6.92 Å². The number of hydrogen-bond donors (Lipinski definition) is 1. The van der Waals surface area contributed by atoms with Gasteiger partial charge in [-0.3, -0.25) is 4.79 Å². The van der Waals surface area contributed by atoms with E-state index >= 15 is 0 Å². The van der Waals surface area contributed by atoms with Crippen molar-refractivity contribution in [3.05, 3.63) is 35.4 Å². The van der Waals surface area contributed by atoms with Crippen molar-refractivity contribution in [3.8, 4) is 0 Å². The lowest BCUT2D eigenvalue weighted by atomic mass is 9.83. The van der Waals surface area contributed by atoms with E-state index in [4.69, 9.17) is 5.73 Å². The van der Waals surface area contributed by atoms with Crippen LogP contribution in [0.4, 0.5) is 0 Å². The molecule has 1 aromatic rings. The highest BCUT2D eigenvalue weighted by molar-refractivity contribution is 5.85. The Bertz CT molecular complexity index is 413. The van der Waals surface area contributed by atoms with Crippen LogP contribution >= 0.6 is 12.4 Å². The number of amides is 1. The summed E-state index contributed by atoms with van der Waals surface area (Å²) in [6.07, 6.45) is 0. The predicted molar refractivity (Wildman–Crippen MR) is 82.7 cm³/mol. The number of aryl methyl sites for hydroxylation is 1. The molecule has 0 saturated carbocycles. The highest BCUT2D eigenvalue weighted by atomic mass is 35.5. The molecular weight excluding hydrogens is 260 g/mol. The number of carbonyl (C=O) groups is 1. The van der Waals surface area contributed by atoms with Crippen molar-refractivity contribution in [1.29, 1.82) is 0 Å². The number of likely N-dealkylation sites (N-methyl/N-ethyl adjacent to an activating group) is 1. The van der Waals surface area contributed by atoms with E-state index in [0.717, 1.165) is 0 Å². The minimum Gasteiger partial charge on any atom is -0.344 e. The molecule has 0 aliphatic carbocycles. The van der Waals surface area contributed by atoms with Gasteiger partial charge in [0.25, 0.3) is 0 Å². The summed E-state index contributed by atoms with van der Waals surface area (Å²) in [5, 5.41) is 0. The molecule has 0 heterocycles. The van der Waals surface area contributed by atoms with E-state index < -0.39 is 6.04 Å². The van der Waals surface area contributed by atoms with Gasteiger partial charge in [-0.15, -0.1) is 12.4 Å². The molecule has 0 saturated heterocycles. The van der Waals surface area contributed by atoms with Crippen molar-refractivity contribution in [2.75, 3.05) is 13.6 Å². The standard InChI is InChI=1S/C15H24N2O.ClH/c1-11-6-8-13(9-7-11)15(3,4)10-17(5)14(18)12(2)16;/h6-9,12H,10,16H2,1-5H3;1H/t12-;/m0./s1. The van der Waals surface area contributed by atoms with Crippen LogP contribution < -0.4 is 5.73 Å². The average molecular weight is 285 g/mol. The summed E-state index contributed by atoms with van der Waals surface area (Å²) in [5.74, 6) is -0.0183. The summed E-state index contributed by atoms with van der Waals surface area (Å²) < 4.78 is 0. The molecule has 0 spiro atoms. The van der Waals surface area contributed by atoms with Crippen molar-refractivity contribution >= 4 is 18.3 Å². The molecule has 1 aromatic carbocycles. The van der Waals surface area contributed by atoms with Gasteiger partial charge < -0.3 is 10.6 Å². The Morgan fingerprint density at radius 2 is 1.79 bits per heavy atom. The molecule has 4 heteroatoms. The van der Waals surface area contributed by atoms with Gasteiger partial charge in [0.05, 0.1) is 6.04 Å². The van der Waals surface area contributed by atoms with E-state index in [2.05, 4.69) is 45.0 Å². The molecule has 0 bridgehead atoms. The van der Waals surface area contributed by atoms with Crippen LogP contribution in [0.3, 0.4) is 0 Å². The van der Waals surface area contributed by atoms with Crippen LogP contribution in [-0.2, 0) is 10.2 Å². The fourth-order valence-electron chi connectivity index (χ4n) is 2.11. The van der Waals surface area contributed by atoms with Gasteiger partial charge in [-0.05, 0) is 19.4 Å². The smallest absolute Gasteiger partial charge is 0.238 e. The summed E-state index contributed by atoms with van der Waals surface area (Å²) in [6.45, 7) is 8.74. The van der Waals surface area contributed by atoms with Crippen LogP contribution in [0.15, 0.2) is 24.3 Å². The van der Waals surface area contributed by atoms with Gasteiger partial charge in [0.2, 0.25) is 5.91 Å². The van der Waals surface area contributed by atoms with Gasteiger partial charge in [0.15, 0.2) is 0 Å². The molecule has 0 radical (unpaired) electrons. The number of nitrogens with zero attached hydrogens (tertiary/aromatic N) is 1. The molecule has 1 amide bonds. The van der Waals surface area contributed by atoms with Gasteiger partial charge in [-0.1, -0.05) is 43.7 Å². The SMILES string of the molecule is Cc1ccc(C(C)(C)CN(C)C(=O)[C@H](C)N)cc1.Cl. The molecule has 1 atom stereocenters. The maximum atomic E-state index is 11.8. The third kappa shape index (κ3) is 4.84. The van der Waals surface area contributed by atoms with Crippen molar-refractivity contribution in [2.24, 2.45) is 5.73 Å². The quantitative estimate of drug-likeness (QED) is 0.923. The highest BCUT2D eigenvalue weighted by Crippen LogP contribution is 2.24. The predicted octanol–water partition coefficient (Wildman–Crippen LogP) is 2.50. The largest absolute Gasteiger partial charge is 0.344 e. The van der Waals surface area contributed by atoms with Crippen LogP contribution in [-0.4, -0.2) is 30.4 Å². The van der Waals surface area contributed by atoms with Crippen molar-refractivity contribution in [1.82, 2.24) is 4.90 Å². The topological polar surface area (TPSA) is 46.3 Å². The normalized spacial score (nSPS) is 12.5. The zero-order valence-electron chi connectivity index (χ0n) is 12.4. The van der Waals surface area contributed by atoms with Gasteiger partial charge in [-0.2, -0.15) is 0 Å². The fraction of sp³-hybridized carbons (Fsp3) is 0.533. The Morgan fingerprint density at radius 3 is 2.21 bits per heavy atom. The number of rotatable bonds is 4. The first-order valence-electron chi connectivity index (χ1n) is 6.32. The molecular formula is C15H25ClN2O. The van der Waals surface area contributed by atoms with E-state index in [1.165, 1.54) is 11.1 Å². The lowest BCUT2D eigenvalue weighted by Crippen LogP contribution is -2.45. The third-order valence-electron chi connectivity index (χ3n) is 3.23. The first-order chi connectivity index (χ1) is 8.24. The molecule has 0 fully saturated rings. The second-order valence-corrected chi connectivity index (χ2v) is 5.73. The molecule has 1 rings (SSSR count). The number of benzene rings is 1. The molecule has 19 heavy (non-hydrogen) atoms. The summed E-state index contributed by atoms with van der Waals surface area (Å²) in [6, 6.07) is 8.01. The number of hydrogen-bond acceptors (Lipinski definition) is 2. The molecule has 0 unspecified atom stereocenters. The number of halogens is 1. The summed E-state index contributed by atoms with van der Waals surface area (Å²) in [5.41, 5.74) is 8.03. The van der Waals surface area contributed by atoms with Gasteiger partial charge in [-0.25, -0.2) is 0 Å². The first-order valence-corrected chi connectivity index (χ1v) is 6.32. The van der Waals surface area contributed by atoms with Crippen LogP contribution in [0.2, 0.25) is 0 Å². The van der Waals surface area contributed by atoms with E-state index in [9.17, 15) is 4.79 Å². The Morgan fingerprint density at radius 1 is 1.32 bits per heavy atom.